The Morgan fingerprint density at radius 1 is 0.479 bits per heavy atom. The molecule has 38 heteroatoms. The predicted octanol–water partition coefficient (Wildman–Crippen LogP) is 13.9. The fourth-order valence-electron chi connectivity index (χ4n) is 15.8. The number of aromatic nitrogens is 21. The second kappa shape index (κ2) is 42.0. The van der Waals surface area contributed by atoms with E-state index in [0.717, 1.165) is 178 Å². The van der Waals surface area contributed by atoms with Crippen LogP contribution in [0.25, 0.3) is 78.1 Å². The molecule has 1 unspecified atom stereocenters. The van der Waals surface area contributed by atoms with E-state index in [1.54, 1.807) is 77.2 Å². The number of aliphatic hydroxyl groups is 1. The number of piperidine rings is 2. The van der Waals surface area contributed by atoms with Gasteiger partial charge in [-0.25, -0.2) is 68.4 Å². The molecule has 17 heterocycles. The number of fused-ring (bicyclic) bond motifs is 7. The lowest BCUT2D eigenvalue weighted by Gasteiger charge is -2.31. The van der Waals surface area contributed by atoms with Crippen molar-refractivity contribution < 1.29 is 14.6 Å². The number of ether oxygens (including phenoxy) is 1. The second-order valence-corrected chi connectivity index (χ2v) is 32.7. The van der Waals surface area contributed by atoms with E-state index in [4.69, 9.17) is 67.8 Å². The maximum Gasteiger partial charge on any atom is 0.328 e. The van der Waals surface area contributed by atoms with Crippen molar-refractivity contribution in [1.29, 1.82) is 0 Å². The van der Waals surface area contributed by atoms with E-state index >= 15 is 0 Å². The fraction of sp³-hybridized carbons (Fsp3) is 0.482. The van der Waals surface area contributed by atoms with Crippen molar-refractivity contribution in [2.75, 3.05) is 46.4 Å². The molecule has 0 aliphatic carbocycles. The van der Waals surface area contributed by atoms with Crippen LogP contribution in [-0.4, -0.2) is 169 Å². The summed E-state index contributed by atoms with van der Waals surface area (Å²) in [5, 5.41) is 11.9. The number of amides is 1. The normalized spacial score (nSPS) is 14.7. The van der Waals surface area contributed by atoms with Crippen molar-refractivity contribution in [3.63, 3.8) is 0 Å². The summed E-state index contributed by atoms with van der Waals surface area (Å²) in [6, 6.07) is 13.5. The Hall–Kier alpha value is -10.3. The molecule has 1 atom stereocenters. The van der Waals surface area contributed by atoms with Gasteiger partial charge in [0.25, 0.3) is 0 Å². The molecule has 3 fully saturated rings. The van der Waals surface area contributed by atoms with Crippen LogP contribution in [0.5, 0.6) is 0 Å². The zero-order valence-corrected chi connectivity index (χ0v) is 73.7. The van der Waals surface area contributed by atoms with E-state index in [1.165, 1.54) is 18.6 Å². The van der Waals surface area contributed by atoms with Crippen molar-refractivity contribution in [2.45, 2.75) is 203 Å². The van der Waals surface area contributed by atoms with Gasteiger partial charge in [-0.15, -0.1) is 0 Å². The van der Waals surface area contributed by atoms with Crippen LogP contribution in [0.3, 0.4) is 0 Å². The molecule has 33 nitrogen and oxygen atoms in total. The molecule has 3 saturated heterocycles. The Balaban J connectivity index is 0.000000138. The topological polar surface area (TPSA) is 408 Å². The summed E-state index contributed by atoms with van der Waals surface area (Å²) in [6.45, 7) is 27.0. The predicted molar refractivity (Wildman–Crippen MR) is 476 cm³/mol. The number of hydrogen-bond donors (Lipinski definition) is 8. The summed E-state index contributed by atoms with van der Waals surface area (Å²) in [5.41, 5.74) is 11.5. The largest absolute Gasteiger partial charge is 0.392 e. The molecule has 14 aromatic rings. The first-order valence-corrected chi connectivity index (χ1v) is 43.0. The number of pyridine rings is 7. The molecule has 8 N–H and O–H groups in total. The van der Waals surface area contributed by atoms with E-state index in [2.05, 4.69) is 123 Å². The lowest BCUT2D eigenvalue weighted by molar-refractivity contribution is -0.130. The zero-order chi connectivity index (χ0) is 87.0. The number of aliphatic hydroxyl groups excluding tert-OH is 1. The minimum Gasteiger partial charge on any atom is -0.392 e. The summed E-state index contributed by atoms with van der Waals surface area (Å²) in [6.07, 6.45) is 21.7. The van der Waals surface area contributed by atoms with Crippen LogP contribution in [-0.2, 0) is 35.8 Å². The molecule has 14 aromatic heterocycles. The van der Waals surface area contributed by atoms with Crippen LogP contribution in [0, 0.1) is 25.7 Å². The molecule has 0 saturated carbocycles. The quantitative estimate of drug-likeness (QED) is 0.0420. The highest BCUT2D eigenvalue weighted by Gasteiger charge is 2.26. The number of aromatic amines is 7. The standard InChI is InChI=1S/C14H17ClN4O2.C13H17ClN4O.C12H16ClN3O.C12H17N3O2.C12H17N3O.C11H12ClN3O2.C9H10ClN3O/c1-9(20)18-4-2-10(3-5-18)8-19-12-6-11(15)7-16-13(12)17-14(19)21;1-17-4-2-9(3-5-17)8-18-11-6-10(14)7-15-12(11)16-13(18)19;1-4-8(5-2)16-10-7(3)9(13)6-14-11(10)15-12(16)17;1-3-9(4-2)15-10-5-8(7-16)6-13-11(10)14-12(15)17;1-4-9(5-2)15-10-7-6-8(3)13-11(10)14-12(15)16;12-7-4-9-10(13-5-7)14-11(16)15(9)8-2-1-3-17-6-8;1-2-3-13-7-4-6(10)5-11-8(7)12-9(13)14/h6-7,10H,2-5,8H2,1H3,(H,16,17,21);6-7,9H,2-5,8H2,1H3,(H,15,16,19);6,8H,4-5H2,1-3H3,(H,14,15,17);5-6,9,16H,3-4,7H2,1-2H3,(H,13,14,17);6-7,9H,4-5H2,1-3H3,(H,13,14,16);4-5,8H,1-3,6H2,(H,13,14,16);4-5H,2-3H2,1H3,(H,11,12,14). The number of halogens is 5. The van der Waals surface area contributed by atoms with E-state index in [1.807, 2.05) is 48.4 Å². The first-order valence-electron chi connectivity index (χ1n) is 41.2. The number of likely N-dealkylation sites (tertiary alicyclic amines) is 2. The third-order valence-electron chi connectivity index (χ3n) is 22.4. The van der Waals surface area contributed by atoms with Crippen LogP contribution < -0.4 is 39.8 Å². The van der Waals surface area contributed by atoms with E-state index in [-0.39, 0.29) is 76.5 Å². The van der Waals surface area contributed by atoms with Gasteiger partial charge in [0.05, 0.1) is 83.0 Å². The Kier molecular flexibility index (Phi) is 31.8. The highest BCUT2D eigenvalue weighted by molar-refractivity contribution is 6.32. The Morgan fingerprint density at radius 3 is 1.38 bits per heavy atom. The molecule has 3 aliphatic rings. The summed E-state index contributed by atoms with van der Waals surface area (Å²) in [4.78, 5) is 147. The average Bonchev–Trinajstić information content (AvgIpc) is 1.64. The number of carbonyl (C=O) groups is 1. The average molecular weight is 1760 g/mol. The Labute approximate surface area is 720 Å². The molecule has 648 valence electrons. The molecular weight excluding hydrogens is 1660 g/mol. The van der Waals surface area contributed by atoms with Gasteiger partial charge >= 0.3 is 39.8 Å². The van der Waals surface area contributed by atoms with Crippen molar-refractivity contribution in [2.24, 2.45) is 11.8 Å². The summed E-state index contributed by atoms with van der Waals surface area (Å²) in [7, 11) is 2.14. The second-order valence-electron chi connectivity index (χ2n) is 30.5. The van der Waals surface area contributed by atoms with Gasteiger partial charge in [0.2, 0.25) is 5.91 Å². The van der Waals surface area contributed by atoms with Gasteiger partial charge in [0, 0.05) is 107 Å². The minimum atomic E-state index is -0.159. The number of imidazole rings is 7. The molecule has 17 rings (SSSR count). The maximum atomic E-state index is 12.1. The molecular formula is C83H106Cl5N23O10. The van der Waals surface area contributed by atoms with Crippen molar-refractivity contribution >= 4 is 142 Å². The molecule has 121 heavy (non-hydrogen) atoms. The number of aryl methyl sites for hydroxylation is 3. The third-order valence-corrected chi connectivity index (χ3v) is 23.6. The number of hydrogen-bond acceptors (Lipinski definition) is 18. The maximum absolute atomic E-state index is 12.1. The molecule has 1 amide bonds. The van der Waals surface area contributed by atoms with E-state index < -0.39 is 0 Å². The van der Waals surface area contributed by atoms with Gasteiger partial charge in [-0.1, -0.05) is 106 Å². The third kappa shape index (κ3) is 21.8. The monoisotopic (exact) mass is 1760 g/mol. The number of nitrogens with one attached hydrogen (secondary N) is 7. The first kappa shape index (κ1) is 91.5. The summed E-state index contributed by atoms with van der Waals surface area (Å²) < 4.78 is 17.6. The van der Waals surface area contributed by atoms with Gasteiger partial charge < -0.3 is 19.6 Å². The number of H-pyrrole nitrogens is 7. The van der Waals surface area contributed by atoms with Crippen LogP contribution in [0.4, 0.5) is 0 Å². The number of rotatable bonds is 17. The van der Waals surface area contributed by atoms with Gasteiger partial charge in [-0.3, -0.25) is 71.7 Å². The summed E-state index contributed by atoms with van der Waals surface area (Å²) >= 11 is 29.7. The SMILES string of the molecule is CC(=O)N1CCC(Cn2c(=O)[nH]c3ncc(Cl)cc32)CC1.CCC(CC)n1c(=O)[nH]c2nc(C)ccc21.CCC(CC)n1c(=O)[nH]c2ncc(CO)cc21.CCC(CC)n1c(=O)[nH]c2ncc(Cl)c(C)c21.CCCn1c(=O)[nH]c2ncc(Cl)cc21.CN1CCC(Cn2c(=O)[nH]c3ncc(Cl)cc32)CC1.O=c1[nH]c2ncc(Cl)cc2n1C1CCCOC1. The van der Waals surface area contributed by atoms with Gasteiger partial charge in [-0.05, 0) is 183 Å². The van der Waals surface area contributed by atoms with Crippen LogP contribution in [0.1, 0.15) is 180 Å². The van der Waals surface area contributed by atoms with Crippen LogP contribution in [0.15, 0.2) is 113 Å². The molecule has 0 radical (unpaired) electrons. The van der Waals surface area contributed by atoms with Gasteiger partial charge in [0.15, 0.2) is 39.5 Å². The summed E-state index contributed by atoms with van der Waals surface area (Å²) in [5.74, 6) is 1.05. The molecule has 0 bridgehead atoms. The number of nitrogens with zero attached hydrogens (tertiary/aromatic N) is 16. The highest BCUT2D eigenvalue weighted by Crippen LogP contribution is 2.30. The van der Waals surface area contributed by atoms with Gasteiger partial charge in [0.1, 0.15) is 0 Å². The minimum absolute atomic E-state index is 0.0539. The fourth-order valence-corrected chi connectivity index (χ4v) is 16.5. The van der Waals surface area contributed by atoms with Crippen molar-refractivity contribution in [1.82, 2.24) is 112 Å². The highest BCUT2D eigenvalue weighted by atomic mass is 35.5. The molecule has 3 aliphatic heterocycles. The van der Waals surface area contributed by atoms with Crippen molar-refractivity contribution in [3.05, 3.63) is 195 Å². The Morgan fingerprint density at radius 2 is 0.893 bits per heavy atom. The van der Waals surface area contributed by atoms with Crippen LogP contribution in [0.2, 0.25) is 25.1 Å². The lowest BCUT2D eigenvalue weighted by atomic mass is 9.96. The van der Waals surface area contributed by atoms with E-state index in [0.29, 0.717) is 96.2 Å². The van der Waals surface area contributed by atoms with Gasteiger partial charge in [-0.2, -0.15) is 0 Å². The van der Waals surface area contributed by atoms with E-state index in [9.17, 15) is 38.4 Å². The smallest absolute Gasteiger partial charge is 0.328 e. The number of carbonyl (C=O) groups excluding carboxylic acids is 1. The zero-order valence-electron chi connectivity index (χ0n) is 69.9. The first-order chi connectivity index (χ1) is 58.1. The van der Waals surface area contributed by atoms with Crippen LogP contribution >= 0.6 is 58.0 Å². The Bertz CT molecular complexity index is 6310. The van der Waals surface area contributed by atoms with Crippen molar-refractivity contribution in [3.8, 4) is 0 Å². The lowest BCUT2D eigenvalue weighted by Crippen LogP contribution is -2.38. The molecule has 0 spiro atoms. The molecule has 0 aromatic carbocycles.